The molecule has 0 rings (SSSR count). The molecule has 0 aromatic heterocycles. The molecule has 2 nitrogen and oxygen atoms in total. The number of hydrogen-bond donors (Lipinski definition) is 2. The summed E-state index contributed by atoms with van der Waals surface area (Å²) in [6.07, 6.45) is -4.27. The van der Waals surface area contributed by atoms with Crippen LogP contribution in [0.1, 0.15) is 13.8 Å². The zero-order chi connectivity index (χ0) is 9.94. The quantitative estimate of drug-likeness (QED) is 0.628. The summed E-state index contributed by atoms with van der Waals surface area (Å²) in [6, 6.07) is 0. The molecule has 0 atom stereocenters. The van der Waals surface area contributed by atoms with Gasteiger partial charge < -0.3 is 11.1 Å². The fourth-order valence-electron chi connectivity index (χ4n) is 0.640. The van der Waals surface area contributed by atoms with E-state index >= 15 is 0 Å². The monoisotopic (exact) mass is 180 g/mol. The molecule has 70 valence electrons. The molecule has 0 fully saturated rings. The Bertz CT molecular complexity index is 203. The largest absolute Gasteiger partial charge is 0.419 e. The van der Waals surface area contributed by atoms with Crippen LogP contribution in [-0.4, -0.2) is 12.4 Å². The lowest BCUT2D eigenvalue weighted by atomic mass is 10.1. The van der Waals surface area contributed by atoms with E-state index in [1.54, 1.807) is 13.8 Å². The van der Waals surface area contributed by atoms with Gasteiger partial charge in [-0.3, -0.25) is 0 Å². The molecule has 12 heavy (non-hydrogen) atoms. The fraction of sp³-hybridized carbons (Fsp3) is 0.571. The highest BCUT2D eigenvalue weighted by molar-refractivity contribution is 5.78. The van der Waals surface area contributed by atoms with Gasteiger partial charge >= 0.3 is 6.18 Å². The molecule has 0 aromatic rings. The van der Waals surface area contributed by atoms with Gasteiger partial charge in [-0.1, -0.05) is 13.8 Å². The van der Waals surface area contributed by atoms with Gasteiger partial charge in [0.2, 0.25) is 0 Å². The van der Waals surface area contributed by atoms with Crippen LogP contribution in [0.4, 0.5) is 13.2 Å². The van der Waals surface area contributed by atoms with Crippen LogP contribution >= 0.6 is 0 Å². The minimum Gasteiger partial charge on any atom is -0.401 e. The Kier molecular flexibility index (Phi) is 3.30. The summed E-state index contributed by atoms with van der Waals surface area (Å²) in [4.78, 5) is 0. The number of nitrogens with one attached hydrogen (secondary N) is 1. The van der Waals surface area contributed by atoms with E-state index in [2.05, 4.69) is 0 Å². The maximum atomic E-state index is 12.0. The van der Waals surface area contributed by atoms with Gasteiger partial charge in [-0.15, -0.1) is 0 Å². The van der Waals surface area contributed by atoms with Gasteiger partial charge in [0.25, 0.3) is 0 Å². The van der Waals surface area contributed by atoms with Crippen LogP contribution in [0.25, 0.3) is 0 Å². The molecular weight excluding hydrogens is 169 g/mol. The number of nitrogens with two attached hydrogens (primary N) is 1. The highest BCUT2D eigenvalue weighted by Crippen LogP contribution is 2.27. The first-order valence-electron chi connectivity index (χ1n) is 3.38. The SMILES string of the molecule is CC(C)/C(N)=C(/C=N)C(F)(F)F. The molecule has 0 radical (unpaired) electrons. The first-order valence-corrected chi connectivity index (χ1v) is 3.38. The predicted molar refractivity (Wildman–Crippen MR) is 40.9 cm³/mol. The molecule has 0 aliphatic heterocycles. The molecule has 0 spiro atoms. The zero-order valence-electron chi connectivity index (χ0n) is 6.87. The summed E-state index contributed by atoms with van der Waals surface area (Å²) in [5, 5.41) is 6.56. The highest BCUT2D eigenvalue weighted by atomic mass is 19.4. The lowest BCUT2D eigenvalue weighted by molar-refractivity contribution is -0.0868. The maximum Gasteiger partial charge on any atom is 0.419 e. The molecule has 0 aliphatic rings. The van der Waals surface area contributed by atoms with Crippen LogP contribution in [0.5, 0.6) is 0 Å². The lowest BCUT2D eigenvalue weighted by Crippen LogP contribution is -2.21. The summed E-state index contributed by atoms with van der Waals surface area (Å²) in [5.74, 6) is -0.400. The molecule has 0 unspecified atom stereocenters. The fourth-order valence-corrected chi connectivity index (χ4v) is 0.640. The normalized spacial score (nSPS) is 14.5. The van der Waals surface area contributed by atoms with E-state index < -0.39 is 17.7 Å². The second-order valence-electron chi connectivity index (χ2n) is 2.67. The van der Waals surface area contributed by atoms with Crippen molar-refractivity contribution in [3.05, 3.63) is 11.3 Å². The number of rotatable bonds is 2. The summed E-state index contributed by atoms with van der Waals surface area (Å²) < 4.78 is 36.1. The van der Waals surface area contributed by atoms with Crippen molar-refractivity contribution in [2.45, 2.75) is 20.0 Å². The van der Waals surface area contributed by atoms with Crippen LogP contribution in [0.15, 0.2) is 11.3 Å². The average Bonchev–Trinajstić information content (AvgIpc) is 1.85. The third-order valence-corrected chi connectivity index (χ3v) is 1.38. The number of hydrogen-bond acceptors (Lipinski definition) is 2. The molecule has 5 heteroatoms. The van der Waals surface area contributed by atoms with Crippen LogP contribution in [0, 0.1) is 11.3 Å². The molecular formula is C7H11F3N2. The average molecular weight is 180 g/mol. The van der Waals surface area contributed by atoms with E-state index in [0.717, 1.165) is 0 Å². The van der Waals surface area contributed by atoms with Crippen molar-refractivity contribution in [3.8, 4) is 0 Å². The summed E-state index contributed by atoms with van der Waals surface area (Å²) in [6.45, 7) is 3.09. The van der Waals surface area contributed by atoms with E-state index in [4.69, 9.17) is 11.1 Å². The number of alkyl halides is 3. The summed E-state index contributed by atoms with van der Waals surface area (Å²) in [5.41, 5.74) is 3.81. The molecule has 3 N–H and O–H groups in total. The molecule has 0 saturated heterocycles. The van der Waals surface area contributed by atoms with E-state index in [-0.39, 0.29) is 11.9 Å². The second kappa shape index (κ2) is 3.60. The van der Waals surface area contributed by atoms with Crippen molar-refractivity contribution in [1.29, 1.82) is 5.41 Å². The highest BCUT2D eigenvalue weighted by Gasteiger charge is 2.34. The van der Waals surface area contributed by atoms with Gasteiger partial charge in [-0.25, -0.2) is 0 Å². The summed E-state index contributed by atoms with van der Waals surface area (Å²) >= 11 is 0. The minimum atomic E-state index is -4.52. The van der Waals surface area contributed by atoms with E-state index in [1.807, 2.05) is 0 Å². The second-order valence-corrected chi connectivity index (χ2v) is 2.67. The Morgan fingerprint density at radius 2 is 1.83 bits per heavy atom. The predicted octanol–water partition coefficient (Wildman–Crippen LogP) is 2.07. The minimum absolute atomic E-state index is 0.245. The van der Waals surface area contributed by atoms with Crippen LogP contribution < -0.4 is 5.73 Å². The van der Waals surface area contributed by atoms with Crippen LogP contribution in [0.3, 0.4) is 0 Å². The Hall–Kier alpha value is -1.00. The smallest absolute Gasteiger partial charge is 0.401 e. The first-order chi connectivity index (χ1) is 5.30. The lowest BCUT2D eigenvalue weighted by Gasteiger charge is -2.13. The molecule has 0 amide bonds. The molecule has 0 saturated carbocycles. The molecule has 0 heterocycles. The maximum absolute atomic E-state index is 12.0. The first kappa shape index (κ1) is 11.0. The van der Waals surface area contributed by atoms with Crippen LogP contribution in [-0.2, 0) is 0 Å². The Labute approximate surface area is 68.8 Å². The summed E-state index contributed by atoms with van der Waals surface area (Å²) in [7, 11) is 0. The van der Waals surface area contributed by atoms with Gasteiger partial charge in [0, 0.05) is 11.9 Å². The van der Waals surface area contributed by atoms with Crippen molar-refractivity contribution in [2.24, 2.45) is 11.7 Å². The molecule has 0 bridgehead atoms. The molecule has 0 aromatic carbocycles. The van der Waals surface area contributed by atoms with Gasteiger partial charge in [-0.05, 0) is 5.92 Å². The molecule has 0 aliphatic carbocycles. The van der Waals surface area contributed by atoms with Crippen LogP contribution in [0.2, 0.25) is 0 Å². The Morgan fingerprint density at radius 3 is 1.92 bits per heavy atom. The van der Waals surface area contributed by atoms with Gasteiger partial charge in [-0.2, -0.15) is 13.2 Å². The van der Waals surface area contributed by atoms with Crippen molar-refractivity contribution in [1.82, 2.24) is 0 Å². The van der Waals surface area contributed by atoms with Crippen molar-refractivity contribution in [2.75, 3.05) is 0 Å². The van der Waals surface area contributed by atoms with Crippen molar-refractivity contribution < 1.29 is 13.2 Å². The number of halogens is 3. The van der Waals surface area contributed by atoms with Gasteiger partial charge in [0.05, 0.1) is 5.57 Å². The Balaban J connectivity index is 5.00. The third-order valence-electron chi connectivity index (χ3n) is 1.38. The van der Waals surface area contributed by atoms with Crippen molar-refractivity contribution in [3.63, 3.8) is 0 Å². The van der Waals surface area contributed by atoms with E-state index in [9.17, 15) is 13.2 Å². The third kappa shape index (κ3) is 2.56. The van der Waals surface area contributed by atoms with E-state index in [1.165, 1.54) is 0 Å². The van der Waals surface area contributed by atoms with Crippen molar-refractivity contribution >= 4 is 6.21 Å². The topological polar surface area (TPSA) is 49.9 Å². The van der Waals surface area contributed by atoms with E-state index in [0.29, 0.717) is 0 Å². The van der Waals surface area contributed by atoms with Gasteiger partial charge in [0.15, 0.2) is 0 Å². The van der Waals surface area contributed by atoms with Gasteiger partial charge in [0.1, 0.15) is 0 Å². The Morgan fingerprint density at radius 1 is 1.42 bits per heavy atom. The number of allylic oxidation sites excluding steroid dienone is 2. The zero-order valence-corrected chi connectivity index (χ0v) is 6.87. The standard InChI is InChI=1S/C7H11F3N2/c1-4(2)6(12)5(3-11)7(8,9)10/h3-4,11H,12H2,1-2H3/b6-5+,11-3?.